The number of isocyanates is 2. The maximum atomic E-state index is 10.2. The summed E-state index contributed by atoms with van der Waals surface area (Å²) in [6.07, 6.45) is 3.04. The van der Waals surface area contributed by atoms with E-state index in [0.29, 0.717) is 12.2 Å². The number of rotatable bonds is 4. The molecule has 2 aromatic rings. The van der Waals surface area contributed by atoms with Crippen molar-refractivity contribution in [2.75, 3.05) is 0 Å². The van der Waals surface area contributed by atoms with E-state index in [1.54, 1.807) is 12.1 Å². The van der Waals surface area contributed by atoms with Gasteiger partial charge in [-0.1, -0.05) is 36.4 Å². The van der Waals surface area contributed by atoms with Gasteiger partial charge in [0.2, 0.25) is 12.2 Å². The van der Waals surface area contributed by atoms with Crippen LogP contribution in [0, 0.1) is 0 Å². The van der Waals surface area contributed by atoms with Gasteiger partial charge in [0.05, 0.1) is 12.2 Å². The number of aliphatic imine (C=N–C) groups is 2. The maximum Gasteiger partial charge on any atom is 0.240 e. The van der Waals surface area contributed by atoms with Crippen LogP contribution in [0.2, 0.25) is 0 Å². The van der Waals surface area contributed by atoms with Crippen molar-refractivity contribution in [3.8, 4) is 11.1 Å². The standard InChI is InChI=1S/C15H10N2O2/c18-10-16-9-13-3-1-2-4-15(13)12-5-7-14(8-6-12)17-11-19/h1-8H,9H2. The zero-order valence-electron chi connectivity index (χ0n) is 10.0. The van der Waals surface area contributed by atoms with Gasteiger partial charge in [-0.05, 0) is 28.8 Å². The lowest BCUT2D eigenvalue weighted by Crippen LogP contribution is -1.87. The van der Waals surface area contributed by atoms with E-state index < -0.39 is 0 Å². The molecule has 4 nitrogen and oxygen atoms in total. The Morgan fingerprint density at radius 1 is 0.895 bits per heavy atom. The summed E-state index contributed by atoms with van der Waals surface area (Å²) in [5.41, 5.74) is 3.46. The first-order valence-electron chi connectivity index (χ1n) is 5.65. The highest BCUT2D eigenvalue weighted by Crippen LogP contribution is 2.26. The minimum absolute atomic E-state index is 0.300. The predicted octanol–water partition coefficient (Wildman–Crippen LogP) is 3.16. The lowest BCUT2D eigenvalue weighted by molar-refractivity contribution is 0.562. The average molecular weight is 250 g/mol. The summed E-state index contributed by atoms with van der Waals surface area (Å²) in [6, 6.07) is 14.9. The normalized spacial score (nSPS) is 9.26. The maximum absolute atomic E-state index is 10.2. The van der Waals surface area contributed by atoms with Crippen molar-refractivity contribution in [3.63, 3.8) is 0 Å². The number of hydrogen-bond acceptors (Lipinski definition) is 4. The molecule has 0 N–H and O–H groups in total. The molecule has 0 atom stereocenters. The summed E-state index contributed by atoms with van der Waals surface area (Å²) >= 11 is 0. The number of carbonyl (C=O) groups excluding carboxylic acids is 2. The van der Waals surface area contributed by atoms with E-state index in [2.05, 4.69) is 9.98 Å². The van der Waals surface area contributed by atoms with Gasteiger partial charge in [-0.25, -0.2) is 14.6 Å². The van der Waals surface area contributed by atoms with Crippen molar-refractivity contribution in [1.29, 1.82) is 0 Å². The molecule has 0 aliphatic carbocycles. The molecule has 0 radical (unpaired) electrons. The summed E-state index contributed by atoms with van der Waals surface area (Å²) < 4.78 is 0. The summed E-state index contributed by atoms with van der Waals surface area (Å²) in [7, 11) is 0. The first kappa shape index (κ1) is 12.7. The molecule has 0 aliphatic heterocycles. The Hall–Kier alpha value is -2.80. The van der Waals surface area contributed by atoms with E-state index in [9.17, 15) is 9.59 Å². The Bertz CT molecular complexity index is 665. The molecule has 0 saturated heterocycles. The first-order valence-corrected chi connectivity index (χ1v) is 5.65. The van der Waals surface area contributed by atoms with Gasteiger partial charge in [-0.2, -0.15) is 4.99 Å². The molecule has 19 heavy (non-hydrogen) atoms. The van der Waals surface area contributed by atoms with Gasteiger partial charge >= 0.3 is 0 Å². The molecule has 4 heteroatoms. The third-order valence-corrected chi connectivity index (χ3v) is 2.68. The van der Waals surface area contributed by atoms with E-state index >= 15 is 0 Å². The van der Waals surface area contributed by atoms with Crippen LogP contribution < -0.4 is 0 Å². The lowest BCUT2D eigenvalue weighted by Gasteiger charge is -2.07. The van der Waals surface area contributed by atoms with E-state index in [1.165, 1.54) is 12.2 Å². The van der Waals surface area contributed by atoms with Crippen molar-refractivity contribution >= 4 is 17.8 Å². The number of nitrogens with zero attached hydrogens (tertiary/aromatic N) is 2. The molecule has 0 saturated carbocycles. The lowest BCUT2D eigenvalue weighted by atomic mass is 9.99. The van der Waals surface area contributed by atoms with Gasteiger partial charge in [-0.15, -0.1) is 0 Å². The number of benzene rings is 2. The highest BCUT2D eigenvalue weighted by Gasteiger charge is 2.03. The summed E-state index contributed by atoms with van der Waals surface area (Å²) in [4.78, 5) is 27.5. The van der Waals surface area contributed by atoms with Crippen LogP contribution in [0.3, 0.4) is 0 Å². The SMILES string of the molecule is O=C=NCc1ccccc1-c1ccc(N=C=O)cc1. The molecule has 0 heterocycles. The summed E-state index contributed by atoms with van der Waals surface area (Å²) in [6.45, 7) is 0.300. The van der Waals surface area contributed by atoms with Crippen LogP contribution in [0.25, 0.3) is 11.1 Å². The Kier molecular flexibility index (Phi) is 4.14. The van der Waals surface area contributed by atoms with Crippen LogP contribution in [0.4, 0.5) is 5.69 Å². The largest absolute Gasteiger partial charge is 0.240 e. The van der Waals surface area contributed by atoms with Crippen molar-refractivity contribution in [2.45, 2.75) is 6.54 Å². The van der Waals surface area contributed by atoms with E-state index in [-0.39, 0.29) is 0 Å². The molecular formula is C15H10N2O2. The Labute approximate surface area is 110 Å². The molecule has 0 bridgehead atoms. The Morgan fingerprint density at radius 3 is 2.32 bits per heavy atom. The van der Waals surface area contributed by atoms with Crippen molar-refractivity contribution in [2.24, 2.45) is 9.98 Å². The smallest absolute Gasteiger partial charge is 0.211 e. The van der Waals surface area contributed by atoms with Crippen LogP contribution in [0.1, 0.15) is 5.56 Å². The average Bonchev–Trinajstić information content (AvgIpc) is 2.47. The van der Waals surface area contributed by atoms with Gasteiger partial charge in [0.15, 0.2) is 0 Å². The van der Waals surface area contributed by atoms with Gasteiger partial charge < -0.3 is 0 Å². The second kappa shape index (κ2) is 6.22. The van der Waals surface area contributed by atoms with E-state index in [4.69, 9.17) is 0 Å². The predicted molar refractivity (Wildman–Crippen MR) is 71.5 cm³/mol. The van der Waals surface area contributed by atoms with Crippen LogP contribution in [-0.2, 0) is 16.1 Å². The third-order valence-electron chi connectivity index (χ3n) is 2.68. The van der Waals surface area contributed by atoms with Crippen LogP contribution in [-0.4, -0.2) is 12.2 Å². The first-order chi connectivity index (χ1) is 9.35. The van der Waals surface area contributed by atoms with Crippen LogP contribution in [0.15, 0.2) is 58.5 Å². The topological polar surface area (TPSA) is 58.9 Å². The monoisotopic (exact) mass is 250 g/mol. The molecule has 0 spiro atoms. The zero-order chi connectivity index (χ0) is 13.5. The van der Waals surface area contributed by atoms with Crippen LogP contribution in [0.5, 0.6) is 0 Å². The molecule has 0 fully saturated rings. The van der Waals surface area contributed by atoms with Gasteiger partial charge in [0, 0.05) is 0 Å². The molecule has 0 aromatic heterocycles. The quantitative estimate of drug-likeness (QED) is 0.618. The molecule has 0 aliphatic rings. The molecular weight excluding hydrogens is 240 g/mol. The molecule has 92 valence electrons. The van der Waals surface area contributed by atoms with Gasteiger partial charge in [0.1, 0.15) is 0 Å². The second-order valence-electron chi connectivity index (χ2n) is 3.81. The molecule has 0 unspecified atom stereocenters. The third kappa shape index (κ3) is 3.11. The highest BCUT2D eigenvalue weighted by atomic mass is 16.1. The molecule has 0 amide bonds. The van der Waals surface area contributed by atoms with E-state index in [1.807, 2.05) is 36.4 Å². The van der Waals surface area contributed by atoms with Crippen molar-refractivity contribution in [3.05, 3.63) is 54.1 Å². The van der Waals surface area contributed by atoms with Crippen LogP contribution >= 0.6 is 0 Å². The Morgan fingerprint density at radius 2 is 1.63 bits per heavy atom. The fraction of sp³-hybridized carbons (Fsp3) is 0.0667. The summed E-state index contributed by atoms with van der Waals surface area (Å²) in [5.74, 6) is 0. The fourth-order valence-electron chi connectivity index (χ4n) is 1.83. The highest BCUT2D eigenvalue weighted by molar-refractivity contribution is 5.69. The second-order valence-corrected chi connectivity index (χ2v) is 3.81. The van der Waals surface area contributed by atoms with Crippen molar-refractivity contribution in [1.82, 2.24) is 0 Å². The molecule has 2 rings (SSSR count). The van der Waals surface area contributed by atoms with E-state index in [0.717, 1.165) is 16.7 Å². The Balaban J connectivity index is 2.40. The van der Waals surface area contributed by atoms with Gasteiger partial charge in [0.25, 0.3) is 0 Å². The minimum Gasteiger partial charge on any atom is -0.211 e. The fourth-order valence-corrected chi connectivity index (χ4v) is 1.83. The number of hydrogen-bond donors (Lipinski definition) is 0. The minimum atomic E-state index is 0.300. The zero-order valence-corrected chi connectivity index (χ0v) is 10.0. The molecule has 2 aromatic carbocycles. The van der Waals surface area contributed by atoms with Crippen molar-refractivity contribution < 1.29 is 9.59 Å². The van der Waals surface area contributed by atoms with Gasteiger partial charge in [-0.3, -0.25) is 0 Å². The summed E-state index contributed by atoms with van der Waals surface area (Å²) in [5, 5.41) is 0.